The Morgan fingerprint density at radius 1 is 1.33 bits per heavy atom. The summed E-state index contributed by atoms with van der Waals surface area (Å²) in [7, 11) is 0. The molecule has 2 N–H and O–H groups in total. The number of aliphatic imine (C=N–C) groups is 1. The fourth-order valence-electron chi connectivity index (χ4n) is 2.30. The van der Waals surface area contributed by atoms with Crippen LogP contribution in [0.25, 0.3) is 0 Å². The average molecular weight is 461 g/mol. The van der Waals surface area contributed by atoms with Crippen molar-refractivity contribution in [3.63, 3.8) is 0 Å². The number of halogens is 1. The quantitative estimate of drug-likeness (QED) is 0.359. The van der Waals surface area contributed by atoms with Gasteiger partial charge >= 0.3 is 0 Å². The normalized spacial score (nSPS) is 13.9. The Morgan fingerprint density at radius 3 is 2.79 bits per heavy atom. The summed E-state index contributed by atoms with van der Waals surface area (Å²) < 4.78 is 1.96. The lowest BCUT2D eigenvalue weighted by Crippen LogP contribution is -2.39. The minimum atomic E-state index is 0. The molecule has 2 heterocycles. The standard InChI is InChI=1S/C17H27N5S.HI/c1-4-18-17(20-12-15(3)16-7-5-10-23-16)19-11-14(2)13-22-9-6-8-21-22;/h5-10,14-15H,4,11-13H2,1-3H3,(H2,18,19,20);1H. The van der Waals surface area contributed by atoms with Crippen molar-refractivity contribution in [3.05, 3.63) is 40.8 Å². The van der Waals surface area contributed by atoms with Gasteiger partial charge in [0.1, 0.15) is 0 Å². The fourth-order valence-corrected chi connectivity index (χ4v) is 3.08. The van der Waals surface area contributed by atoms with E-state index in [1.54, 1.807) is 11.3 Å². The molecule has 2 atom stereocenters. The van der Waals surface area contributed by atoms with Crippen LogP contribution in [-0.4, -0.2) is 35.4 Å². The third-order valence-electron chi connectivity index (χ3n) is 3.57. The van der Waals surface area contributed by atoms with Crippen molar-refractivity contribution in [2.45, 2.75) is 33.2 Å². The van der Waals surface area contributed by atoms with Crippen molar-refractivity contribution in [3.8, 4) is 0 Å². The summed E-state index contributed by atoms with van der Waals surface area (Å²) in [6.45, 7) is 9.95. The van der Waals surface area contributed by atoms with Gasteiger partial charge in [0.25, 0.3) is 0 Å². The van der Waals surface area contributed by atoms with Crippen molar-refractivity contribution in [2.75, 3.05) is 19.6 Å². The first kappa shape index (κ1) is 21.0. The van der Waals surface area contributed by atoms with Crippen molar-refractivity contribution in [1.82, 2.24) is 20.4 Å². The molecule has 2 aromatic heterocycles. The van der Waals surface area contributed by atoms with E-state index >= 15 is 0 Å². The summed E-state index contributed by atoms with van der Waals surface area (Å²) in [6, 6.07) is 6.24. The van der Waals surface area contributed by atoms with Crippen LogP contribution in [0.2, 0.25) is 0 Å². The van der Waals surface area contributed by atoms with Crippen LogP contribution in [0.4, 0.5) is 0 Å². The van der Waals surface area contributed by atoms with Gasteiger partial charge in [-0.05, 0) is 30.4 Å². The second-order valence-corrected chi connectivity index (χ2v) is 6.83. The Hall–Kier alpha value is -1.09. The molecule has 2 aromatic rings. The van der Waals surface area contributed by atoms with Crippen LogP contribution in [-0.2, 0) is 6.54 Å². The van der Waals surface area contributed by atoms with Gasteiger partial charge in [0.05, 0.1) is 0 Å². The first-order valence-corrected chi connectivity index (χ1v) is 9.10. The lowest BCUT2D eigenvalue weighted by atomic mass is 10.1. The highest BCUT2D eigenvalue weighted by molar-refractivity contribution is 14.0. The molecule has 2 rings (SSSR count). The Kier molecular flexibility index (Phi) is 10.0. The highest BCUT2D eigenvalue weighted by Gasteiger charge is 2.08. The Balaban J connectivity index is 0.00000288. The number of nitrogens with one attached hydrogen (secondary N) is 2. The number of aromatic nitrogens is 2. The van der Waals surface area contributed by atoms with Gasteiger partial charge in [0.2, 0.25) is 0 Å². The first-order chi connectivity index (χ1) is 11.2. The van der Waals surface area contributed by atoms with Crippen molar-refractivity contribution >= 4 is 41.3 Å². The molecule has 0 spiro atoms. The van der Waals surface area contributed by atoms with E-state index in [-0.39, 0.29) is 24.0 Å². The Bertz CT molecular complexity index is 568. The van der Waals surface area contributed by atoms with Gasteiger partial charge in [0, 0.05) is 49.4 Å². The highest BCUT2D eigenvalue weighted by atomic mass is 127. The van der Waals surface area contributed by atoms with E-state index in [1.807, 2.05) is 23.1 Å². The smallest absolute Gasteiger partial charge is 0.191 e. The maximum atomic E-state index is 4.70. The van der Waals surface area contributed by atoms with Crippen LogP contribution in [0.1, 0.15) is 31.6 Å². The third-order valence-corrected chi connectivity index (χ3v) is 4.67. The molecule has 0 amide bonds. The number of rotatable bonds is 8. The number of nitrogens with zero attached hydrogens (tertiary/aromatic N) is 3. The van der Waals surface area contributed by atoms with Gasteiger partial charge in [-0.3, -0.25) is 9.67 Å². The van der Waals surface area contributed by atoms with E-state index in [4.69, 9.17) is 4.99 Å². The van der Waals surface area contributed by atoms with Crippen LogP contribution in [0.15, 0.2) is 41.0 Å². The SMILES string of the molecule is CCNC(=NCC(C)Cn1cccn1)NCC(C)c1cccs1.I. The van der Waals surface area contributed by atoms with Crippen LogP contribution in [0, 0.1) is 5.92 Å². The van der Waals surface area contributed by atoms with Gasteiger partial charge in [-0.25, -0.2) is 0 Å². The topological polar surface area (TPSA) is 54.2 Å². The molecular weight excluding hydrogens is 433 g/mol. The van der Waals surface area contributed by atoms with Crippen LogP contribution in [0.3, 0.4) is 0 Å². The van der Waals surface area contributed by atoms with Gasteiger partial charge in [-0.15, -0.1) is 35.3 Å². The van der Waals surface area contributed by atoms with E-state index < -0.39 is 0 Å². The molecule has 0 radical (unpaired) electrons. The monoisotopic (exact) mass is 461 g/mol. The predicted octanol–water partition coefficient (Wildman–Crippen LogP) is 3.56. The second-order valence-electron chi connectivity index (χ2n) is 5.85. The zero-order valence-corrected chi connectivity index (χ0v) is 17.8. The molecule has 0 aliphatic heterocycles. The van der Waals surface area contributed by atoms with E-state index in [2.05, 4.69) is 54.0 Å². The number of hydrogen-bond acceptors (Lipinski definition) is 3. The summed E-state index contributed by atoms with van der Waals surface area (Å²) >= 11 is 1.81. The fraction of sp³-hybridized carbons (Fsp3) is 0.529. The summed E-state index contributed by atoms with van der Waals surface area (Å²) in [5.41, 5.74) is 0. The summed E-state index contributed by atoms with van der Waals surface area (Å²) in [4.78, 5) is 6.11. The molecule has 134 valence electrons. The molecule has 0 fully saturated rings. The van der Waals surface area contributed by atoms with E-state index in [0.29, 0.717) is 11.8 Å². The second kappa shape index (κ2) is 11.5. The minimum Gasteiger partial charge on any atom is -0.357 e. The van der Waals surface area contributed by atoms with Crippen molar-refractivity contribution < 1.29 is 0 Å². The van der Waals surface area contributed by atoms with Crippen molar-refractivity contribution in [2.24, 2.45) is 10.9 Å². The number of thiophene rings is 1. The van der Waals surface area contributed by atoms with E-state index in [9.17, 15) is 0 Å². The van der Waals surface area contributed by atoms with E-state index in [1.165, 1.54) is 4.88 Å². The summed E-state index contributed by atoms with van der Waals surface area (Å²) in [5, 5.41) is 13.1. The summed E-state index contributed by atoms with van der Waals surface area (Å²) in [6.07, 6.45) is 3.81. The Labute approximate surface area is 166 Å². The van der Waals surface area contributed by atoms with Gasteiger partial charge in [-0.1, -0.05) is 19.9 Å². The lowest BCUT2D eigenvalue weighted by Gasteiger charge is -2.16. The first-order valence-electron chi connectivity index (χ1n) is 8.22. The molecule has 0 saturated heterocycles. The largest absolute Gasteiger partial charge is 0.357 e. The minimum absolute atomic E-state index is 0. The predicted molar refractivity (Wildman–Crippen MR) is 114 cm³/mol. The zero-order chi connectivity index (χ0) is 16.5. The maximum Gasteiger partial charge on any atom is 0.191 e. The lowest BCUT2D eigenvalue weighted by molar-refractivity contribution is 0.458. The Morgan fingerprint density at radius 2 is 2.17 bits per heavy atom. The van der Waals surface area contributed by atoms with Crippen LogP contribution >= 0.6 is 35.3 Å². The molecule has 0 bridgehead atoms. The number of hydrogen-bond donors (Lipinski definition) is 2. The van der Waals surface area contributed by atoms with Gasteiger partial charge in [0.15, 0.2) is 5.96 Å². The molecular formula is C17H28IN5S. The van der Waals surface area contributed by atoms with Crippen molar-refractivity contribution in [1.29, 1.82) is 0 Å². The molecule has 0 saturated carbocycles. The summed E-state index contributed by atoms with van der Waals surface area (Å²) in [5.74, 6) is 1.82. The molecule has 0 aliphatic carbocycles. The van der Waals surface area contributed by atoms with Crippen LogP contribution in [0.5, 0.6) is 0 Å². The molecule has 0 aliphatic rings. The molecule has 2 unspecified atom stereocenters. The molecule has 7 heteroatoms. The average Bonchev–Trinajstić information content (AvgIpc) is 3.23. The van der Waals surface area contributed by atoms with Gasteiger partial charge in [-0.2, -0.15) is 5.10 Å². The highest BCUT2D eigenvalue weighted by Crippen LogP contribution is 2.19. The molecule has 24 heavy (non-hydrogen) atoms. The molecule has 0 aromatic carbocycles. The number of guanidine groups is 1. The van der Waals surface area contributed by atoms with E-state index in [0.717, 1.165) is 32.1 Å². The third kappa shape index (κ3) is 7.21. The van der Waals surface area contributed by atoms with Gasteiger partial charge < -0.3 is 10.6 Å². The molecule has 5 nitrogen and oxygen atoms in total. The maximum absolute atomic E-state index is 4.70. The zero-order valence-electron chi connectivity index (χ0n) is 14.6. The van der Waals surface area contributed by atoms with Crippen LogP contribution < -0.4 is 10.6 Å².